The summed E-state index contributed by atoms with van der Waals surface area (Å²) in [5.41, 5.74) is 1.08. The van der Waals surface area contributed by atoms with Crippen molar-refractivity contribution in [2.75, 3.05) is 6.61 Å². The van der Waals surface area contributed by atoms with Gasteiger partial charge < -0.3 is 9.47 Å². The minimum atomic E-state index is 0.512. The van der Waals surface area contributed by atoms with Crippen molar-refractivity contribution < 1.29 is 9.47 Å². The lowest BCUT2D eigenvalue weighted by Crippen LogP contribution is -1.92. The molecule has 0 aliphatic rings. The van der Waals surface area contributed by atoms with Crippen LogP contribution in [0.4, 0.5) is 0 Å². The quantitative estimate of drug-likeness (QED) is 0.539. The standard InChI is InChI=1S/C17H17ClO2/c1-2-3-12-19-15-8-10-17(11-9-15)20-16-6-4-14(13-18)5-7-16/h2-11H,12-13H2,1H3. The minimum absolute atomic E-state index is 0.512. The van der Waals surface area contributed by atoms with Crippen LogP contribution in [0.2, 0.25) is 0 Å². The van der Waals surface area contributed by atoms with Crippen LogP contribution in [0, 0.1) is 0 Å². The Bertz CT molecular complexity index is 544. The summed E-state index contributed by atoms with van der Waals surface area (Å²) in [6.07, 6.45) is 3.92. The van der Waals surface area contributed by atoms with Gasteiger partial charge in [-0.15, -0.1) is 11.6 Å². The molecule has 0 atom stereocenters. The second kappa shape index (κ2) is 7.61. The molecule has 0 spiro atoms. The van der Waals surface area contributed by atoms with Crippen molar-refractivity contribution in [3.05, 3.63) is 66.2 Å². The molecule has 0 radical (unpaired) electrons. The lowest BCUT2D eigenvalue weighted by molar-refractivity contribution is 0.362. The van der Waals surface area contributed by atoms with Gasteiger partial charge in [-0.25, -0.2) is 0 Å². The maximum absolute atomic E-state index is 5.75. The number of halogens is 1. The topological polar surface area (TPSA) is 18.5 Å². The Morgan fingerprint density at radius 1 is 0.900 bits per heavy atom. The van der Waals surface area contributed by atoms with E-state index in [0.29, 0.717) is 12.5 Å². The molecule has 2 rings (SSSR count). The van der Waals surface area contributed by atoms with Gasteiger partial charge in [0, 0.05) is 5.88 Å². The van der Waals surface area contributed by atoms with Gasteiger partial charge in [-0.2, -0.15) is 0 Å². The molecule has 2 aromatic rings. The summed E-state index contributed by atoms with van der Waals surface area (Å²) in [7, 11) is 0. The first-order valence-electron chi connectivity index (χ1n) is 6.48. The highest BCUT2D eigenvalue weighted by atomic mass is 35.5. The summed E-state index contributed by atoms with van der Waals surface area (Å²) in [5.74, 6) is 2.91. The van der Waals surface area contributed by atoms with Crippen molar-refractivity contribution in [2.45, 2.75) is 12.8 Å². The van der Waals surface area contributed by atoms with Crippen molar-refractivity contribution >= 4 is 11.6 Å². The number of benzene rings is 2. The molecule has 0 heterocycles. The molecule has 0 aliphatic heterocycles. The Hall–Kier alpha value is -1.93. The third-order valence-electron chi connectivity index (χ3n) is 2.72. The van der Waals surface area contributed by atoms with Gasteiger partial charge in [0.1, 0.15) is 23.9 Å². The zero-order valence-corrected chi connectivity index (χ0v) is 12.1. The first-order valence-corrected chi connectivity index (χ1v) is 7.02. The van der Waals surface area contributed by atoms with Crippen LogP contribution in [-0.4, -0.2) is 6.61 Å². The Morgan fingerprint density at radius 2 is 1.45 bits per heavy atom. The van der Waals surface area contributed by atoms with Gasteiger partial charge in [0.2, 0.25) is 0 Å². The maximum Gasteiger partial charge on any atom is 0.127 e. The summed E-state index contributed by atoms with van der Waals surface area (Å²) in [6.45, 7) is 2.55. The lowest BCUT2D eigenvalue weighted by atomic mass is 10.2. The number of alkyl halides is 1. The molecule has 0 amide bonds. The third-order valence-corrected chi connectivity index (χ3v) is 3.03. The van der Waals surface area contributed by atoms with Gasteiger partial charge in [0.15, 0.2) is 0 Å². The maximum atomic E-state index is 5.75. The van der Waals surface area contributed by atoms with Gasteiger partial charge in [-0.05, 0) is 48.9 Å². The predicted molar refractivity (Wildman–Crippen MR) is 82.8 cm³/mol. The van der Waals surface area contributed by atoms with E-state index in [1.165, 1.54) is 0 Å². The van der Waals surface area contributed by atoms with E-state index < -0.39 is 0 Å². The van der Waals surface area contributed by atoms with Crippen molar-refractivity contribution in [3.8, 4) is 17.2 Å². The highest BCUT2D eigenvalue weighted by Gasteiger charge is 1.99. The molecule has 0 unspecified atom stereocenters. The number of hydrogen-bond donors (Lipinski definition) is 0. The van der Waals surface area contributed by atoms with Gasteiger partial charge in [0.05, 0.1) is 0 Å². The van der Waals surface area contributed by atoms with E-state index >= 15 is 0 Å². The number of allylic oxidation sites excluding steroid dienone is 1. The molecule has 0 aromatic heterocycles. The van der Waals surface area contributed by atoms with Crippen LogP contribution in [-0.2, 0) is 5.88 Å². The van der Waals surface area contributed by atoms with E-state index in [0.717, 1.165) is 22.8 Å². The number of ether oxygens (including phenoxy) is 2. The van der Waals surface area contributed by atoms with Crippen LogP contribution < -0.4 is 9.47 Å². The van der Waals surface area contributed by atoms with Crippen LogP contribution in [0.1, 0.15) is 12.5 Å². The van der Waals surface area contributed by atoms with E-state index in [1.54, 1.807) is 0 Å². The summed E-state index contributed by atoms with van der Waals surface area (Å²) in [6, 6.07) is 15.3. The number of rotatable bonds is 6. The fourth-order valence-corrected chi connectivity index (χ4v) is 1.81. The molecule has 3 heteroatoms. The second-order valence-electron chi connectivity index (χ2n) is 4.23. The monoisotopic (exact) mass is 288 g/mol. The summed E-state index contributed by atoms with van der Waals surface area (Å²) in [5, 5.41) is 0. The van der Waals surface area contributed by atoms with Gasteiger partial charge in [0.25, 0.3) is 0 Å². The van der Waals surface area contributed by atoms with E-state index in [9.17, 15) is 0 Å². The van der Waals surface area contributed by atoms with Gasteiger partial charge >= 0.3 is 0 Å². The van der Waals surface area contributed by atoms with Crippen LogP contribution in [0.25, 0.3) is 0 Å². The summed E-state index contributed by atoms with van der Waals surface area (Å²) >= 11 is 5.75. The highest BCUT2D eigenvalue weighted by Crippen LogP contribution is 2.24. The molecule has 0 bridgehead atoms. The molecule has 0 saturated heterocycles. The molecule has 0 fully saturated rings. The Balaban J connectivity index is 1.95. The Labute approximate surface area is 124 Å². The molecule has 104 valence electrons. The lowest BCUT2D eigenvalue weighted by Gasteiger charge is -2.07. The van der Waals surface area contributed by atoms with E-state index in [1.807, 2.05) is 67.6 Å². The zero-order chi connectivity index (χ0) is 14.2. The van der Waals surface area contributed by atoms with Crippen LogP contribution in [0.3, 0.4) is 0 Å². The smallest absolute Gasteiger partial charge is 0.127 e. The van der Waals surface area contributed by atoms with Crippen molar-refractivity contribution in [2.24, 2.45) is 0 Å². The molecule has 0 saturated carbocycles. The molecule has 20 heavy (non-hydrogen) atoms. The summed E-state index contributed by atoms with van der Waals surface area (Å²) < 4.78 is 11.3. The fourth-order valence-electron chi connectivity index (χ4n) is 1.63. The van der Waals surface area contributed by atoms with Crippen LogP contribution >= 0.6 is 11.6 Å². The first-order chi connectivity index (χ1) is 9.81. The minimum Gasteiger partial charge on any atom is -0.490 e. The Kier molecular flexibility index (Phi) is 5.51. The van der Waals surface area contributed by atoms with Crippen LogP contribution in [0.5, 0.6) is 17.2 Å². The molecule has 2 nitrogen and oxygen atoms in total. The zero-order valence-electron chi connectivity index (χ0n) is 11.4. The molecular formula is C17H17ClO2. The van der Waals surface area contributed by atoms with Crippen molar-refractivity contribution in [1.29, 1.82) is 0 Å². The average Bonchev–Trinajstić information content (AvgIpc) is 2.50. The van der Waals surface area contributed by atoms with E-state index in [-0.39, 0.29) is 0 Å². The van der Waals surface area contributed by atoms with Crippen LogP contribution in [0.15, 0.2) is 60.7 Å². The predicted octanol–water partition coefficient (Wildman–Crippen LogP) is 5.17. The average molecular weight is 289 g/mol. The normalized spacial score (nSPS) is 10.7. The van der Waals surface area contributed by atoms with Gasteiger partial charge in [-0.1, -0.05) is 24.3 Å². The van der Waals surface area contributed by atoms with Crippen molar-refractivity contribution in [3.63, 3.8) is 0 Å². The number of hydrogen-bond acceptors (Lipinski definition) is 2. The SMILES string of the molecule is CC=CCOc1ccc(Oc2ccc(CCl)cc2)cc1. The molecular weight excluding hydrogens is 272 g/mol. The molecule has 2 aromatic carbocycles. The highest BCUT2D eigenvalue weighted by molar-refractivity contribution is 6.17. The fraction of sp³-hybridized carbons (Fsp3) is 0.176. The first kappa shape index (κ1) is 14.5. The third kappa shape index (κ3) is 4.32. The van der Waals surface area contributed by atoms with Crippen molar-refractivity contribution in [1.82, 2.24) is 0 Å². The Morgan fingerprint density at radius 3 is 2.00 bits per heavy atom. The van der Waals surface area contributed by atoms with Gasteiger partial charge in [-0.3, -0.25) is 0 Å². The largest absolute Gasteiger partial charge is 0.490 e. The molecule has 0 aliphatic carbocycles. The van der Waals surface area contributed by atoms with E-state index in [2.05, 4.69) is 0 Å². The van der Waals surface area contributed by atoms with E-state index in [4.69, 9.17) is 21.1 Å². The molecule has 0 N–H and O–H groups in total. The second-order valence-corrected chi connectivity index (χ2v) is 4.50. The summed E-state index contributed by atoms with van der Waals surface area (Å²) in [4.78, 5) is 0.